The number of benzene rings is 1. The summed E-state index contributed by atoms with van der Waals surface area (Å²) in [6.45, 7) is 0.820. The molecule has 1 aliphatic rings. The summed E-state index contributed by atoms with van der Waals surface area (Å²) in [5, 5.41) is 2.91. The van der Waals surface area contributed by atoms with Gasteiger partial charge < -0.3 is 10.1 Å². The van der Waals surface area contributed by atoms with Gasteiger partial charge >= 0.3 is 6.36 Å². The highest BCUT2D eigenvalue weighted by Crippen LogP contribution is 2.32. The number of hydrogen-bond acceptors (Lipinski definition) is 3. The van der Waals surface area contributed by atoms with Crippen molar-refractivity contribution >= 4 is 15.9 Å². The van der Waals surface area contributed by atoms with Gasteiger partial charge in [-0.15, -0.1) is 13.2 Å². The zero-order valence-electron chi connectivity index (χ0n) is 10.0. The lowest BCUT2D eigenvalue weighted by molar-refractivity contribution is -0.323. The molecule has 0 radical (unpaired) electrons. The molecule has 1 aliphatic heterocycles. The second-order valence-electron chi connectivity index (χ2n) is 4.12. The van der Waals surface area contributed by atoms with Gasteiger partial charge in [0.05, 0.1) is 13.2 Å². The smallest absolute Gasteiger partial charge is 0.493 e. The van der Waals surface area contributed by atoms with Crippen LogP contribution in [-0.2, 0) is 17.7 Å². The molecular weight excluding hydrogens is 327 g/mol. The van der Waals surface area contributed by atoms with Crippen molar-refractivity contribution in [3.63, 3.8) is 0 Å². The number of alkyl halides is 3. The summed E-state index contributed by atoms with van der Waals surface area (Å²) < 4.78 is 45.4. The van der Waals surface area contributed by atoms with E-state index in [1.54, 1.807) is 0 Å². The zero-order valence-corrected chi connectivity index (χ0v) is 11.6. The number of ether oxygens (including phenoxy) is 2. The second-order valence-corrected chi connectivity index (χ2v) is 5.04. The van der Waals surface area contributed by atoms with E-state index in [2.05, 4.69) is 26.0 Å². The Morgan fingerprint density at radius 1 is 1.37 bits per heavy atom. The largest absolute Gasteiger partial charge is 0.522 e. The van der Waals surface area contributed by atoms with Crippen LogP contribution in [0.5, 0.6) is 5.75 Å². The number of nitrogens with one attached hydrogen (secondary N) is 1. The molecule has 1 N–H and O–H groups in total. The highest BCUT2D eigenvalue weighted by atomic mass is 79.9. The summed E-state index contributed by atoms with van der Waals surface area (Å²) in [6.07, 6.45) is -3.71. The van der Waals surface area contributed by atoms with E-state index in [-0.39, 0.29) is 6.54 Å². The third-order valence-electron chi connectivity index (χ3n) is 2.69. The van der Waals surface area contributed by atoms with Crippen LogP contribution in [0.2, 0.25) is 0 Å². The van der Waals surface area contributed by atoms with Crippen LogP contribution >= 0.6 is 15.9 Å². The van der Waals surface area contributed by atoms with Gasteiger partial charge in [-0.1, -0.05) is 15.9 Å². The van der Waals surface area contributed by atoms with Gasteiger partial charge in [0.1, 0.15) is 5.75 Å². The summed E-state index contributed by atoms with van der Waals surface area (Å²) in [5.74, 6) is 0.840. The van der Waals surface area contributed by atoms with E-state index in [4.69, 9.17) is 4.74 Å². The minimum Gasteiger partial charge on any atom is -0.493 e. The lowest BCUT2D eigenvalue weighted by atomic mass is 10.1. The van der Waals surface area contributed by atoms with E-state index in [1.165, 1.54) is 0 Å². The molecule has 7 heteroatoms. The highest BCUT2D eigenvalue weighted by molar-refractivity contribution is 9.10. The standard InChI is InChI=1S/C12H13BrF3NO2/c13-10-5-8-1-3-18-11(8)9(6-10)7-17-2-4-19-12(14,15)16/h5-6,17H,1-4,7H2. The molecule has 0 atom stereocenters. The fourth-order valence-corrected chi connectivity index (χ4v) is 2.49. The molecule has 0 saturated heterocycles. The van der Waals surface area contributed by atoms with Crippen LogP contribution in [0.4, 0.5) is 13.2 Å². The topological polar surface area (TPSA) is 30.5 Å². The molecule has 1 aromatic carbocycles. The summed E-state index contributed by atoms with van der Waals surface area (Å²) >= 11 is 3.41. The lowest BCUT2D eigenvalue weighted by Crippen LogP contribution is -2.24. The van der Waals surface area contributed by atoms with Crippen LogP contribution in [0.3, 0.4) is 0 Å². The maximum absolute atomic E-state index is 11.8. The minimum atomic E-state index is -4.57. The van der Waals surface area contributed by atoms with Gasteiger partial charge in [0.15, 0.2) is 0 Å². The number of rotatable bonds is 5. The molecule has 0 amide bonds. The number of hydrogen-bond donors (Lipinski definition) is 1. The van der Waals surface area contributed by atoms with Crippen molar-refractivity contribution in [1.29, 1.82) is 0 Å². The van der Waals surface area contributed by atoms with Gasteiger partial charge in [0, 0.05) is 29.5 Å². The fourth-order valence-electron chi connectivity index (χ4n) is 1.94. The molecule has 106 valence electrons. The summed E-state index contributed by atoms with van der Waals surface area (Å²) in [6, 6.07) is 3.90. The maximum atomic E-state index is 11.8. The van der Waals surface area contributed by atoms with Crippen molar-refractivity contribution in [3.8, 4) is 5.75 Å². The Hall–Kier alpha value is -0.790. The van der Waals surface area contributed by atoms with Crippen LogP contribution in [0.25, 0.3) is 0 Å². The van der Waals surface area contributed by atoms with Gasteiger partial charge in [0.25, 0.3) is 0 Å². The van der Waals surface area contributed by atoms with Gasteiger partial charge in [-0.25, -0.2) is 0 Å². The molecule has 0 fully saturated rings. The Morgan fingerprint density at radius 3 is 2.89 bits per heavy atom. The summed E-state index contributed by atoms with van der Waals surface area (Å²) in [7, 11) is 0. The first-order chi connectivity index (χ1) is 8.96. The molecule has 0 unspecified atom stereocenters. The van der Waals surface area contributed by atoms with Crippen molar-refractivity contribution in [2.75, 3.05) is 19.8 Å². The molecule has 0 aromatic heterocycles. The molecule has 3 nitrogen and oxygen atoms in total. The van der Waals surface area contributed by atoms with Gasteiger partial charge in [-0.2, -0.15) is 0 Å². The first kappa shape index (κ1) is 14.6. The highest BCUT2D eigenvalue weighted by Gasteiger charge is 2.28. The van der Waals surface area contributed by atoms with Crippen LogP contribution in [0.1, 0.15) is 11.1 Å². The predicted molar refractivity (Wildman–Crippen MR) is 67.1 cm³/mol. The molecule has 1 aromatic rings. The van der Waals surface area contributed by atoms with E-state index in [1.807, 2.05) is 12.1 Å². The van der Waals surface area contributed by atoms with Gasteiger partial charge in [-0.3, -0.25) is 4.74 Å². The van der Waals surface area contributed by atoms with Crippen LogP contribution < -0.4 is 10.1 Å². The van der Waals surface area contributed by atoms with Crippen molar-refractivity contribution < 1.29 is 22.6 Å². The Balaban J connectivity index is 1.84. The van der Waals surface area contributed by atoms with Crippen molar-refractivity contribution in [2.45, 2.75) is 19.3 Å². The van der Waals surface area contributed by atoms with E-state index in [9.17, 15) is 13.2 Å². The average molecular weight is 340 g/mol. The monoisotopic (exact) mass is 339 g/mol. The van der Waals surface area contributed by atoms with Crippen LogP contribution in [-0.4, -0.2) is 26.1 Å². The molecule has 0 saturated carbocycles. The quantitative estimate of drug-likeness (QED) is 0.836. The molecule has 0 aliphatic carbocycles. The molecule has 1 heterocycles. The minimum absolute atomic E-state index is 0.126. The van der Waals surface area contributed by atoms with E-state index < -0.39 is 13.0 Å². The number of halogens is 4. The molecule has 0 spiro atoms. The van der Waals surface area contributed by atoms with Crippen LogP contribution in [0.15, 0.2) is 16.6 Å². The van der Waals surface area contributed by atoms with E-state index in [0.29, 0.717) is 13.2 Å². The molecule has 2 rings (SSSR count). The number of fused-ring (bicyclic) bond motifs is 1. The third-order valence-corrected chi connectivity index (χ3v) is 3.14. The van der Waals surface area contributed by atoms with Gasteiger partial charge in [0.2, 0.25) is 0 Å². The van der Waals surface area contributed by atoms with Gasteiger partial charge in [-0.05, 0) is 17.7 Å². The van der Waals surface area contributed by atoms with E-state index >= 15 is 0 Å². The third kappa shape index (κ3) is 4.36. The molecule has 19 heavy (non-hydrogen) atoms. The summed E-state index contributed by atoms with van der Waals surface area (Å²) in [5.41, 5.74) is 2.06. The van der Waals surface area contributed by atoms with Crippen molar-refractivity contribution in [2.24, 2.45) is 0 Å². The SMILES string of the molecule is FC(F)(F)OCCNCc1cc(Br)cc2c1OCC2. The average Bonchev–Trinajstić information content (AvgIpc) is 2.74. The molecule has 0 bridgehead atoms. The second kappa shape index (κ2) is 6.11. The Bertz CT molecular complexity index is 451. The normalized spacial score (nSPS) is 14.3. The van der Waals surface area contributed by atoms with Crippen LogP contribution in [0, 0.1) is 0 Å². The fraction of sp³-hybridized carbons (Fsp3) is 0.500. The van der Waals surface area contributed by atoms with E-state index in [0.717, 1.165) is 27.8 Å². The van der Waals surface area contributed by atoms with Crippen molar-refractivity contribution in [1.82, 2.24) is 5.32 Å². The predicted octanol–water partition coefficient (Wildman–Crippen LogP) is 3.01. The Kier molecular flexibility index (Phi) is 4.70. The lowest BCUT2D eigenvalue weighted by Gasteiger charge is -2.11. The zero-order chi connectivity index (χ0) is 13.9. The summed E-state index contributed by atoms with van der Waals surface area (Å²) in [4.78, 5) is 0. The first-order valence-corrected chi connectivity index (χ1v) is 6.60. The maximum Gasteiger partial charge on any atom is 0.522 e. The molecular formula is C12H13BrF3NO2. The van der Waals surface area contributed by atoms with Crippen molar-refractivity contribution in [3.05, 3.63) is 27.7 Å². The first-order valence-electron chi connectivity index (χ1n) is 5.81. The Morgan fingerprint density at radius 2 is 2.16 bits per heavy atom. The Labute approximate surface area is 117 Å².